The van der Waals surface area contributed by atoms with Crippen molar-refractivity contribution in [2.24, 2.45) is 0 Å². The van der Waals surface area contributed by atoms with Crippen LogP contribution in [0.5, 0.6) is 17.2 Å². The summed E-state index contributed by atoms with van der Waals surface area (Å²) in [4.78, 5) is 39.4. The van der Waals surface area contributed by atoms with Crippen LogP contribution >= 0.6 is 0 Å². The second kappa shape index (κ2) is 13.2. The maximum atomic E-state index is 15.2. The minimum absolute atomic E-state index is 0.0211. The normalized spacial score (nSPS) is 21.8. The highest BCUT2D eigenvalue weighted by Gasteiger charge is 2.66. The molecule has 2 saturated heterocycles. The molecule has 3 rings (SSSR count). The molecule has 242 valence electrons. The molecule has 0 aliphatic carbocycles. The average molecular weight is 643 g/mol. The number of aromatic hydroxyl groups is 3. The second-order valence-corrected chi connectivity index (χ2v) is 10.4. The zero-order valence-electron chi connectivity index (χ0n) is 24.4. The third-order valence-corrected chi connectivity index (χ3v) is 7.53. The Hall–Kier alpha value is -4.23. The smallest absolute Gasteiger partial charge is 0.283 e. The summed E-state index contributed by atoms with van der Waals surface area (Å²) >= 11 is 0. The van der Waals surface area contributed by atoms with Crippen molar-refractivity contribution in [3.05, 3.63) is 51.8 Å². The molecule has 1 aromatic rings. The predicted molar refractivity (Wildman–Crippen MR) is 155 cm³/mol. The number of likely N-dealkylation sites (N-methyl/N-ethyl adjacent to an activating group) is 1. The highest BCUT2D eigenvalue weighted by atomic mass is 19.1. The summed E-state index contributed by atoms with van der Waals surface area (Å²) in [5.74, 6) is -10.3. The molecule has 0 aromatic heterocycles. The van der Waals surface area contributed by atoms with E-state index in [0.29, 0.717) is 26.3 Å². The van der Waals surface area contributed by atoms with E-state index in [1.54, 1.807) is 4.90 Å². The van der Waals surface area contributed by atoms with Gasteiger partial charge in [-0.2, -0.15) is 0 Å². The fourth-order valence-corrected chi connectivity index (χ4v) is 4.73. The van der Waals surface area contributed by atoms with Crippen molar-refractivity contribution in [1.82, 2.24) is 15.1 Å². The van der Waals surface area contributed by atoms with Gasteiger partial charge in [0, 0.05) is 26.7 Å². The van der Waals surface area contributed by atoms with Crippen molar-refractivity contribution in [3.63, 3.8) is 0 Å². The van der Waals surface area contributed by atoms with Crippen LogP contribution in [0.25, 0.3) is 0 Å². The molecule has 20 heteroatoms. The lowest BCUT2D eigenvalue weighted by Gasteiger charge is -2.50. The zero-order valence-corrected chi connectivity index (χ0v) is 24.4. The Bertz CT molecular complexity index is 1480. The maximum absolute atomic E-state index is 15.2. The number of hydrogen-bond acceptors (Lipinski definition) is 14. The fourth-order valence-electron chi connectivity index (χ4n) is 4.73. The number of nitrogens with one attached hydrogen (secondary N) is 1. The number of phenols is 3. The molecule has 1 aromatic carbocycles. The first-order chi connectivity index (χ1) is 21.3. The Kier molecular flexibility index (Phi) is 10.4. The van der Waals surface area contributed by atoms with Crippen LogP contribution in [0.2, 0.25) is 0 Å². The van der Waals surface area contributed by atoms with Crippen molar-refractivity contribution in [3.8, 4) is 17.2 Å². The number of carbonyl (C=O) groups is 3. The molecule has 2 aliphatic heterocycles. The van der Waals surface area contributed by atoms with E-state index in [2.05, 4.69) is 6.58 Å². The number of morpholine rings is 1. The Morgan fingerprint density at radius 2 is 1.67 bits per heavy atom. The van der Waals surface area contributed by atoms with E-state index >= 15 is 4.39 Å². The largest absolute Gasteiger partial charge is 0.508 e. The number of aliphatic hydroxyl groups is 5. The lowest BCUT2D eigenvalue weighted by Crippen LogP contribution is -2.79. The van der Waals surface area contributed by atoms with Gasteiger partial charge in [0.1, 0.15) is 53.2 Å². The van der Waals surface area contributed by atoms with Gasteiger partial charge in [0.25, 0.3) is 17.8 Å². The minimum atomic E-state index is -3.88. The quantitative estimate of drug-likeness (QED) is 0.0287. The van der Waals surface area contributed by atoms with Gasteiger partial charge in [0.15, 0.2) is 23.1 Å². The molecule has 2 fully saturated rings. The second-order valence-electron chi connectivity index (χ2n) is 10.4. The van der Waals surface area contributed by atoms with Crippen LogP contribution in [-0.4, -0.2) is 149 Å². The first-order valence-corrected chi connectivity index (χ1v) is 13.2. The third-order valence-electron chi connectivity index (χ3n) is 7.53. The number of likely N-dealkylation sites (tertiary alicyclic amines) is 1. The van der Waals surface area contributed by atoms with Crippen molar-refractivity contribution in [1.29, 1.82) is 0 Å². The highest BCUT2D eigenvalue weighted by molar-refractivity contribution is 6.33. The monoisotopic (exact) mass is 643 g/mol. The molecule has 0 bridgehead atoms. The van der Waals surface area contributed by atoms with Gasteiger partial charge < -0.3 is 60.4 Å². The number of hydrogen-bond donors (Lipinski definition) is 9. The van der Waals surface area contributed by atoms with Crippen LogP contribution in [0.15, 0.2) is 34.9 Å². The number of aliphatic hydroxyl groups excluding tert-OH is 2. The van der Waals surface area contributed by atoms with Gasteiger partial charge in [-0.15, -0.1) is 6.58 Å². The molecule has 0 spiro atoms. The summed E-state index contributed by atoms with van der Waals surface area (Å²) in [5.41, 5.74) is -15.1. The van der Waals surface area contributed by atoms with Crippen molar-refractivity contribution >= 4 is 41.6 Å². The Morgan fingerprint density at radius 3 is 2.20 bits per heavy atom. The molecule has 0 saturated carbocycles. The van der Waals surface area contributed by atoms with Gasteiger partial charge in [-0.1, -0.05) is 5.47 Å². The molecule has 9 N–H and O–H groups in total. The van der Waals surface area contributed by atoms with Crippen LogP contribution in [0.4, 0.5) is 4.39 Å². The van der Waals surface area contributed by atoms with Crippen molar-refractivity contribution < 1.29 is 69.1 Å². The number of benzene rings is 1. The molecular weight excluding hydrogens is 614 g/mol. The van der Waals surface area contributed by atoms with Gasteiger partial charge in [-0.3, -0.25) is 19.4 Å². The highest BCUT2D eigenvalue weighted by Crippen LogP contribution is 2.44. The summed E-state index contributed by atoms with van der Waals surface area (Å²) in [6.07, 6.45) is -0.549. The van der Waals surface area contributed by atoms with Gasteiger partial charge in [0.2, 0.25) is 5.72 Å². The van der Waals surface area contributed by atoms with Crippen LogP contribution in [0.3, 0.4) is 0 Å². The molecule has 3 unspecified atom stereocenters. The van der Waals surface area contributed by atoms with Crippen LogP contribution in [0, 0.1) is 5.82 Å². The zero-order chi connectivity index (χ0) is 34.9. The summed E-state index contributed by atoms with van der Waals surface area (Å²) in [6.45, 7) is 2.17. The molecule has 2 heterocycles. The number of rotatable bonds is 11. The maximum Gasteiger partial charge on any atom is 0.283 e. The molecule has 46 heavy (non-hydrogen) atoms. The van der Waals surface area contributed by atoms with E-state index in [-0.39, 0.29) is 17.0 Å². The SMILES string of the molecule is [B]C(=C)/C(O)=C1/C(=O)N(C(O)(C(=O)NC)C([B])(O)C([B])(O)C=O)C/C1=C(/O)OCc1c(O)c(O)c(CN2CCOCC2)c(O)c1F. The van der Waals surface area contributed by atoms with Gasteiger partial charge in [-0.25, -0.2) is 4.39 Å². The van der Waals surface area contributed by atoms with Crippen LogP contribution < -0.4 is 5.32 Å². The minimum Gasteiger partial charge on any atom is -0.508 e. The number of aldehydes is 1. The Morgan fingerprint density at radius 1 is 1.11 bits per heavy atom. The first-order valence-electron chi connectivity index (χ1n) is 13.2. The first kappa shape index (κ1) is 36.2. The lowest BCUT2D eigenvalue weighted by atomic mass is 9.54. The molecular formula is C26H29B3FN3O13. The Balaban J connectivity index is 2.09. The number of nitrogens with zero attached hydrogens (tertiary/aromatic N) is 2. The predicted octanol–water partition coefficient (Wildman–Crippen LogP) is -3.25. The van der Waals surface area contributed by atoms with E-state index in [1.165, 1.54) is 0 Å². The van der Waals surface area contributed by atoms with E-state index < -0.39 is 105 Å². The number of allylic oxidation sites excluding steroid dienone is 1. The third kappa shape index (κ3) is 6.01. The van der Waals surface area contributed by atoms with E-state index in [4.69, 9.17) is 33.0 Å². The molecule has 6 radical (unpaired) electrons. The van der Waals surface area contributed by atoms with Crippen molar-refractivity contribution in [2.45, 2.75) is 29.9 Å². The molecule has 3 atom stereocenters. The summed E-state index contributed by atoms with van der Waals surface area (Å²) < 4.78 is 25.5. The van der Waals surface area contributed by atoms with E-state index in [1.807, 2.05) is 5.32 Å². The van der Waals surface area contributed by atoms with E-state index in [9.17, 15) is 55.2 Å². The number of halogens is 1. The van der Waals surface area contributed by atoms with E-state index in [0.717, 1.165) is 7.05 Å². The molecule has 16 nitrogen and oxygen atoms in total. The number of ether oxygens (including phenoxy) is 2. The van der Waals surface area contributed by atoms with Crippen LogP contribution in [0.1, 0.15) is 11.1 Å². The summed E-state index contributed by atoms with van der Waals surface area (Å²) in [6, 6.07) is 0. The summed E-state index contributed by atoms with van der Waals surface area (Å²) in [7, 11) is 17.2. The number of carbonyl (C=O) groups excluding carboxylic acids is 3. The van der Waals surface area contributed by atoms with Crippen molar-refractivity contribution in [2.75, 3.05) is 39.9 Å². The molecule has 2 aliphatic rings. The molecule has 2 amide bonds. The Labute approximate surface area is 264 Å². The van der Waals surface area contributed by atoms with Gasteiger partial charge in [-0.05, 0) is 0 Å². The summed E-state index contributed by atoms with van der Waals surface area (Å²) in [5, 5.41) is 87.1. The lowest BCUT2D eigenvalue weighted by molar-refractivity contribution is -0.223. The van der Waals surface area contributed by atoms with Gasteiger partial charge >= 0.3 is 0 Å². The topological polar surface area (TPSA) is 250 Å². The van der Waals surface area contributed by atoms with Crippen LogP contribution in [-0.2, 0) is 37.0 Å². The average Bonchev–Trinajstić information content (AvgIpc) is 3.37. The number of amides is 2. The number of phenolic OH excluding ortho intramolecular Hbond substituents is 3. The van der Waals surface area contributed by atoms with Gasteiger partial charge in [0.05, 0.1) is 42.0 Å². The fraction of sp³-hybridized carbons (Fsp3) is 0.423. The standard InChI is InChI=1S/C26H29B3FN3O13/c1-11(27)17(35)15-12(8-33(21(15)39)25(43,23(41)31-2)26(29,44)24(28,42)10-34)22(40)46-9-14-16(30)18(36)13(19(37)20(14)38)7-32-3-5-45-6-4-32/h10,35-38,40,42-44H,1,3-9H2,2H3,(H,31,41)/b17-15-,22-12+.